The molecule has 0 atom stereocenters. The largest absolute Gasteiger partial charge is 0.459 e. The van der Waals surface area contributed by atoms with E-state index in [-0.39, 0.29) is 17.3 Å². The van der Waals surface area contributed by atoms with E-state index < -0.39 is 11.7 Å². The van der Waals surface area contributed by atoms with Gasteiger partial charge in [0.05, 0.1) is 11.8 Å². The molecule has 0 bridgehead atoms. The average Bonchev–Trinajstić information content (AvgIpc) is 3.34. The number of amides is 1. The van der Waals surface area contributed by atoms with Crippen molar-refractivity contribution >= 4 is 11.6 Å². The Labute approximate surface area is 146 Å². The van der Waals surface area contributed by atoms with E-state index in [2.05, 4.69) is 20.5 Å². The lowest BCUT2D eigenvalue weighted by Crippen LogP contribution is -2.14. The zero-order valence-electron chi connectivity index (χ0n) is 13.2. The summed E-state index contributed by atoms with van der Waals surface area (Å²) in [5.41, 5.74) is 0.907. The van der Waals surface area contributed by atoms with Crippen molar-refractivity contribution in [2.45, 2.75) is 0 Å². The SMILES string of the molecule is O=C(Nc1cccc(-c2nnc(-c3ccco3)o2)c1)c1cnccc1F. The van der Waals surface area contributed by atoms with Crippen LogP contribution in [-0.4, -0.2) is 21.1 Å². The molecule has 4 rings (SSSR count). The second-order valence-electron chi connectivity index (χ2n) is 5.28. The van der Waals surface area contributed by atoms with Crippen molar-refractivity contribution < 1.29 is 18.0 Å². The molecule has 128 valence electrons. The van der Waals surface area contributed by atoms with Crippen LogP contribution in [0.4, 0.5) is 10.1 Å². The molecule has 0 aliphatic carbocycles. The smallest absolute Gasteiger partial charge is 0.283 e. The molecular formula is C18H11FN4O3. The minimum absolute atomic E-state index is 0.143. The Morgan fingerprint density at radius 2 is 1.96 bits per heavy atom. The van der Waals surface area contributed by atoms with E-state index in [4.69, 9.17) is 8.83 Å². The Bertz CT molecular complexity index is 1060. The molecule has 4 aromatic rings. The molecular weight excluding hydrogens is 339 g/mol. The molecule has 3 aromatic heterocycles. The van der Waals surface area contributed by atoms with Crippen molar-refractivity contribution in [3.05, 3.63) is 72.5 Å². The van der Waals surface area contributed by atoms with Gasteiger partial charge in [-0.1, -0.05) is 6.07 Å². The number of anilines is 1. The summed E-state index contributed by atoms with van der Waals surface area (Å²) >= 11 is 0. The first-order valence-corrected chi connectivity index (χ1v) is 7.59. The van der Waals surface area contributed by atoms with Gasteiger partial charge < -0.3 is 14.2 Å². The summed E-state index contributed by atoms with van der Waals surface area (Å²) in [6, 6.07) is 11.3. The molecule has 1 N–H and O–H groups in total. The fourth-order valence-corrected chi connectivity index (χ4v) is 2.31. The highest BCUT2D eigenvalue weighted by Gasteiger charge is 2.15. The lowest BCUT2D eigenvalue weighted by atomic mass is 10.2. The second kappa shape index (κ2) is 6.60. The minimum atomic E-state index is -0.645. The van der Waals surface area contributed by atoms with E-state index in [0.717, 1.165) is 6.07 Å². The predicted molar refractivity (Wildman–Crippen MR) is 89.6 cm³/mol. The Kier molecular flexibility index (Phi) is 3.98. The van der Waals surface area contributed by atoms with Gasteiger partial charge in [0.15, 0.2) is 5.76 Å². The van der Waals surface area contributed by atoms with Crippen molar-refractivity contribution in [1.29, 1.82) is 0 Å². The molecule has 0 saturated carbocycles. The van der Waals surface area contributed by atoms with Gasteiger partial charge in [0.1, 0.15) is 5.82 Å². The number of carbonyl (C=O) groups is 1. The third-order valence-corrected chi connectivity index (χ3v) is 3.54. The summed E-state index contributed by atoms with van der Waals surface area (Å²) in [5, 5.41) is 10.5. The maximum Gasteiger partial charge on any atom is 0.283 e. The number of pyridine rings is 1. The minimum Gasteiger partial charge on any atom is -0.459 e. The lowest BCUT2D eigenvalue weighted by molar-refractivity contribution is 0.102. The Balaban J connectivity index is 1.57. The summed E-state index contributed by atoms with van der Waals surface area (Å²) in [6.45, 7) is 0. The van der Waals surface area contributed by atoms with Crippen molar-refractivity contribution in [2.24, 2.45) is 0 Å². The van der Waals surface area contributed by atoms with E-state index in [1.807, 2.05) is 0 Å². The maximum absolute atomic E-state index is 13.7. The van der Waals surface area contributed by atoms with Gasteiger partial charge in [-0.3, -0.25) is 9.78 Å². The number of benzene rings is 1. The van der Waals surface area contributed by atoms with Crippen LogP contribution in [0.25, 0.3) is 23.1 Å². The number of rotatable bonds is 4. The number of furan rings is 1. The van der Waals surface area contributed by atoms with Gasteiger partial charge in [0, 0.05) is 23.6 Å². The molecule has 1 amide bonds. The van der Waals surface area contributed by atoms with E-state index >= 15 is 0 Å². The molecule has 7 nitrogen and oxygen atoms in total. The van der Waals surface area contributed by atoms with Gasteiger partial charge in [-0.2, -0.15) is 0 Å². The molecule has 3 heterocycles. The number of nitrogens with one attached hydrogen (secondary N) is 1. The number of hydrogen-bond donors (Lipinski definition) is 1. The second-order valence-corrected chi connectivity index (χ2v) is 5.28. The van der Waals surface area contributed by atoms with Crippen molar-refractivity contribution in [1.82, 2.24) is 15.2 Å². The number of carbonyl (C=O) groups excluding carboxylic acids is 1. The molecule has 26 heavy (non-hydrogen) atoms. The highest BCUT2D eigenvalue weighted by Crippen LogP contribution is 2.26. The molecule has 8 heteroatoms. The number of hydrogen-bond acceptors (Lipinski definition) is 6. The van der Waals surface area contributed by atoms with Crippen LogP contribution in [0.1, 0.15) is 10.4 Å². The zero-order valence-corrected chi connectivity index (χ0v) is 13.2. The molecule has 0 radical (unpaired) electrons. The van der Waals surface area contributed by atoms with Crippen LogP contribution < -0.4 is 5.32 Å². The lowest BCUT2D eigenvalue weighted by Gasteiger charge is -2.06. The Morgan fingerprint density at radius 3 is 2.77 bits per heavy atom. The summed E-state index contributed by atoms with van der Waals surface area (Å²) in [5.74, 6) is -0.277. The summed E-state index contributed by atoms with van der Waals surface area (Å²) in [4.78, 5) is 15.9. The predicted octanol–water partition coefficient (Wildman–Crippen LogP) is 3.78. The first-order chi connectivity index (χ1) is 12.7. The molecule has 0 aliphatic heterocycles. The topological polar surface area (TPSA) is 94.1 Å². The molecule has 0 fully saturated rings. The van der Waals surface area contributed by atoms with Crippen LogP contribution >= 0.6 is 0 Å². The molecule has 0 aliphatic rings. The fourth-order valence-electron chi connectivity index (χ4n) is 2.31. The van der Waals surface area contributed by atoms with Crippen LogP contribution in [-0.2, 0) is 0 Å². The molecule has 0 unspecified atom stereocenters. The first-order valence-electron chi connectivity index (χ1n) is 7.59. The summed E-state index contributed by atoms with van der Waals surface area (Å²) < 4.78 is 24.5. The standard InChI is InChI=1S/C18H11FN4O3/c19-14-6-7-20-10-13(14)16(24)21-12-4-1-3-11(9-12)17-22-23-18(26-17)15-5-2-8-25-15/h1-10H,(H,21,24). The van der Waals surface area contributed by atoms with E-state index in [9.17, 15) is 9.18 Å². The quantitative estimate of drug-likeness (QED) is 0.602. The Hall–Kier alpha value is -3.81. The van der Waals surface area contributed by atoms with Crippen LogP contribution in [0.3, 0.4) is 0 Å². The van der Waals surface area contributed by atoms with Gasteiger partial charge in [-0.15, -0.1) is 10.2 Å². The van der Waals surface area contributed by atoms with Crippen molar-refractivity contribution in [3.8, 4) is 23.1 Å². The number of aromatic nitrogens is 3. The Morgan fingerprint density at radius 1 is 1.08 bits per heavy atom. The first kappa shape index (κ1) is 15.7. The normalized spacial score (nSPS) is 10.7. The highest BCUT2D eigenvalue weighted by atomic mass is 19.1. The zero-order chi connectivity index (χ0) is 17.9. The summed E-state index contributed by atoms with van der Waals surface area (Å²) in [7, 11) is 0. The van der Waals surface area contributed by atoms with Gasteiger partial charge in [-0.05, 0) is 36.4 Å². The highest BCUT2D eigenvalue weighted by molar-refractivity contribution is 6.04. The van der Waals surface area contributed by atoms with Gasteiger partial charge in [-0.25, -0.2) is 4.39 Å². The molecule has 0 spiro atoms. The summed E-state index contributed by atoms with van der Waals surface area (Å²) in [6.07, 6.45) is 3.95. The van der Waals surface area contributed by atoms with Gasteiger partial charge in [0.2, 0.25) is 5.89 Å². The van der Waals surface area contributed by atoms with Crippen LogP contribution in [0.15, 0.2) is 70.0 Å². The van der Waals surface area contributed by atoms with Gasteiger partial charge in [0.25, 0.3) is 11.8 Å². The monoisotopic (exact) mass is 350 g/mol. The average molecular weight is 350 g/mol. The van der Waals surface area contributed by atoms with E-state index in [1.54, 1.807) is 36.4 Å². The maximum atomic E-state index is 13.7. The van der Waals surface area contributed by atoms with Crippen LogP contribution in [0, 0.1) is 5.82 Å². The van der Waals surface area contributed by atoms with Crippen molar-refractivity contribution in [3.63, 3.8) is 0 Å². The molecule has 1 aromatic carbocycles. The fraction of sp³-hybridized carbons (Fsp3) is 0. The third kappa shape index (κ3) is 3.07. The van der Waals surface area contributed by atoms with Crippen LogP contribution in [0.2, 0.25) is 0 Å². The van der Waals surface area contributed by atoms with Crippen molar-refractivity contribution in [2.75, 3.05) is 5.32 Å². The number of halogens is 1. The molecule has 0 saturated heterocycles. The van der Waals surface area contributed by atoms with Gasteiger partial charge >= 0.3 is 0 Å². The number of nitrogens with zero attached hydrogens (tertiary/aromatic N) is 3. The van der Waals surface area contributed by atoms with E-state index in [1.165, 1.54) is 18.7 Å². The van der Waals surface area contributed by atoms with Crippen LogP contribution in [0.5, 0.6) is 0 Å². The van der Waals surface area contributed by atoms with E-state index in [0.29, 0.717) is 17.0 Å². The third-order valence-electron chi connectivity index (χ3n) is 3.54.